The summed E-state index contributed by atoms with van der Waals surface area (Å²) < 4.78 is 42.5. The molecule has 0 radical (unpaired) electrons. The van der Waals surface area contributed by atoms with E-state index in [0.29, 0.717) is 5.82 Å². The number of pyridine rings is 1. The highest BCUT2D eigenvalue weighted by Crippen LogP contribution is 2.36. The Kier molecular flexibility index (Phi) is 4.24. The fourth-order valence-electron chi connectivity index (χ4n) is 2.42. The molecule has 1 aliphatic rings. The highest BCUT2D eigenvalue weighted by molar-refractivity contribution is 5.97. The molecule has 1 fully saturated rings. The van der Waals surface area contributed by atoms with Gasteiger partial charge in [0, 0.05) is 19.3 Å². The molecule has 2 rings (SSSR count). The van der Waals surface area contributed by atoms with Gasteiger partial charge in [-0.2, -0.15) is 13.2 Å². The number of hydrogen-bond acceptors (Lipinski definition) is 5. The number of ether oxygens (including phenoxy) is 1. The van der Waals surface area contributed by atoms with Crippen LogP contribution in [0.4, 0.5) is 24.7 Å². The maximum Gasteiger partial charge on any atom is 0.391 e. The van der Waals surface area contributed by atoms with Crippen molar-refractivity contribution in [1.82, 2.24) is 4.98 Å². The summed E-state index contributed by atoms with van der Waals surface area (Å²) in [4.78, 5) is 17.3. The second-order valence-electron chi connectivity index (χ2n) is 4.89. The molecule has 116 valence electrons. The zero-order chi connectivity index (χ0) is 15.6. The van der Waals surface area contributed by atoms with Gasteiger partial charge < -0.3 is 15.4 Å². The summed E-state index contributed by atoms with van der Waals surface area (Å²) in [6.45, 7) is 0.401. The van der Waals surface area contributed by atoms with E-state index in [1.165, 1.54) is 19.4 Å². The first-order chi connectivity index (χ1) is 9.84. The van der Waals surface area contributed by atoms with Crippen LogP contribution in [0.2, 0.25) is 0 Å². The normalized spacial score (nSPS) is 16.9. The number of methoxy groups -OCH3 is 1. The zero-order valence-electron chi connectivity index (χ0n) is 11.5. The van der Waals surface area contributed by atoms with Gasteiger partial charge in [0.1, 0.15) is 0 Å². The first-order valence-electron chi connectivity index (χ1n) is 6.49. The molecule has 0 unspecified atom stereocenters. The van der Waals surface area contributed by atoms with Crippen molar-refractivity contribution in [2.75, 3.05) is 30.8 Å². The van der Waals surface area contributed by atoms with E-state index >= 15 is 0 Å². The maximum atomic E-state index is 12.6. The van der Waals surface area contributed by atoms with Crippen molar-refractivity contribution in [3.05, 3.63) is 17.8 Å². The number of nitrogens with zero attached hydrogens (tertiary/aromatic N) is 2. The molecule has 8 heteroatoms. The first-order valence-corrected chi connectivity index (χ1v) is 6.49. The molecule has 5 nitrogen and oxygen atoms in total. The molecule has 1 aromatic heterocycles. The smallest absolute Gasteiger partial charge is 0.391 e. The second kappa shape index (κ2) is 5.79. The standard InChI is InChI=1S/C13H16F3N3O2/c1-21-12(20)9-2-5-18-11(10(9)17)19-6-3-8(4-7-19)13(14,15)16/h2,5,8H,3-4,6-7,17H2,1H3. The average Bonchev–Trinajstić information content (AvgIpc) is 2.46. The Balaban J connectivity index is 2.16. The number of hydrogen-bond donors (Lipinski definition) is 1. The second-order valence-corrected chi connectivity index (χ2v) is 4.89. The lowest BCUT2D eigenvalue weighted by Gasteiger charge is -2.34. The van der Waals surface area contributed by atoms with Crippen LogP contribution in [0.25, 0.3) is 0 Å². The van der Waals surface area contributed by atoms with E-state index in [1.807, 2.05) is 0 Å². The number of esters is 1. The predicted octanol–water partition coefficient (Wildman–Crippen LogP) is 2.23. The Morgan fingerprint density at radius 3 is 2.57 bits per heavy atom. The largest absolute Gasteiger partial charge is 0.465 e. The van der Waals surface area contributed by atoms with Gasteiger partial charge in [-0.05, 0) is 18.9 Å². The number of nitrogens with two attached hydrogens (primary N) is 1. The molecule has 0 aliphatic carbocycles. The number of piperidine rings is 1. The van der Waals surface area contributed by atoms with Crippen LogP contribution in [0.5, 0.6) is 0 Å². The average molecular weight is 303 g/mol. The van der Waals surface area contributed by atoms with Gasteiger partial charge in [-0.15, -0.1) is 0 Å². The molecule has 0 saturated carbocycles. The third-order valence-corrected chi connectivity index (χ3v) is 3.63. The highest BCUT2D eigenvalue weighted by atomic mass is 19.4. The van der Waals surface area contributed by atoms with Crippen LogP contribution in [0.15, 0.2) is 12.3 Å². The molecular formula is C13H16F3N3O2. The maximum absolute atomic E-state index is 12.6. The van der Waals surface area contributed by atoms with E-state index < -0.39 is 18.1 Å². The molecule has 2 heterocycles. The first kappa shape index (κ1) is 15.4. The molecule has 0 aromatic carbocycles. The van der Waals surface area contributed by atoms with E-state index in [0.717, 1.165) is 0 Å². The molecule has 21 heavy (non-hydrogen) atoms. The Morgan fingerprint density at radius 1 is 1.43 bits per heavy atom. The third kappa shape index (κ3) is 3.20. The van der Waals surface area contributed by atoms with Gasteiger partial charge >= 0.3 is 12.1 Å². The quantitative estimate of drug-likeness (QED) is 0.849. The van der Waals surface area contributed by atoms with Crippen LogP contribution in [0.1, 0.15) is 23.2 Å². The predicted molar refractivity (Wildman–Crippen MR) is 71.0 cm³/mol. The lowest BCUT2D eigenvalue weighted by Crippen LogP contribution is -2.39. The summed E-state index contributed by atoms with van der Waals surface area (Å²) in [6.07, 6.45) is -2.78. The number of rotatable bonds is 2. The summed E-state index contributed by atoms with van der Waals surface area (Å²) in [5, 5.41) is 0. The Hall–Kier alpha value is -1.99. The van der Waals surface area contributed by atoms with Crippen molar-refractivity contribution < 1.29 is 22.7 Å². The monoisotopic (exact) mass is 303 g/mol. The van der Waals surface area contributed by atoms with Gasteiger partial charge in [0.2, 0.25) is 0 Å². The summed E-state index contributed by atoms with van der Waals surface area (Å²) in [6, 6.07) is 1.42. The summed E-state index contributed by atoms with van der Waals surface area (Å²) in [5.74, 6) is -1.56. The van der Waals surface area contributed by atoms with Gasteiger partial charge in [0.15, 0.2) is 5.82 Å². The van der Waals surface area contributed by atoms with Crippen LogP contribution < -0.4 is 10.6 Å². The van der Waals surface area contributed by atoms with E-state index in [1.54, 1.807) is 4.90 Å². The highest BCUT2D eigenvalue weighted by Gasteiger charge is 2.41. The van der Waals surface area contributed by atoms with Gasteiger partial charge in [-0.1, -0.05) is 0 Å². The van der Waals surface area contributed by atoms with Crippen molar-refractivity contribution >= 4 is 17.5 Å². The van der Waals surface area contributed by atoms with Gasteiger partial charge in [-0.3, -0.25) is 0 Å². The minimum absolute atomic E-state index is 0.00687. The molecule has 2 N–H and O–H groups in total. The number of aromatic nitrogens is 1. The van der Waals surface area contributed by atoms with Crippen LogP contribution in [0.3, 0.4) is 0 Å². The Bertz CT molecular complexity index is 526. The van der Waals surface area contributed by atoms with Crippen molar-refractivity contribution in [3.8, 4) is 0 Å². The molecule has 0 spiro atoms. The topological polar surface area (TPSA) is 68.5 Å². The van der Waals surface area contributed by atoms with E-state index in [-0.39, 0.29) is 37.2 Å². The molecule has 0 atom stereocenters. The van der Waals surface area contributed by atoms with Gasteiger partial charge in [0.05, 0.1) is 24.3 Å². The minimum Gasteiger partial charge on any atom is -0.465 e. The van der Waals surface area contributed by atoms with E-state index in [4.69, 9.17) is 5.73 Å². The lowest BCUT2D eigenvalue weighted by atomic mass is 9.96. The van der Waals surface area contributed by atoms with Crippen LogP contribution in [0, 0.1) is 5.92 Å². The van der Waals surface area contributed by atoms with E-state index in [2.05, 4.69) is 9.72 Å². The number of nitrogen functional groups attached to an aromatic ring is 1. The molecule has 0 amide bonds. The van der Waals surface area contributed by atoms with Gasteiger partial charge in [-0.25, -0.2) is 9.78 Å². The minimum atomic E-state index is -4.17. The molecular weight excluding hydrogens is 287 g/mol. The van der Waals surface area contributed by atoms with Crippen molar-refractivity contribution in [3.63, 3.8) is 0 Å². The Labute approximate surface area is 119 Å². The number of alkyl halides is 3. The van der Waals surface area contributed by atoms with Crippen molar-refractivity contribution in [2.24, 2.45) is 5.92 Å². The molecule has 1 saturated heterocycles. The number of carbonyl (C=O) groups excluding carboxylic acids is 1. The number of carbonyl (C=O) groups is 1. The molecule has 0 bridgehead atoms. The third-order valence-electron chi connectivity index (χ3n) is 3.63. The van der Waals surface area contributed by atoms with Crippen LogP contribution >= 0.6 is 0 Å². The number of halogens is 3. The van der Waals surface area contributed by atoms with Crippen LogP contribution in [-0.4, -0.2) is 37.3 Å². The fraction of sp³-hybridized carbons (Fsp3) is 0.538. The summed E-state index contributed by atoms with van der Waals surface area (Å²) >= 11 is 0. The van der Waals surface area contributed by atoms with Crippen molar-refractivity contribution in [1.29, 1.82) is 0 Å². The van der Waals surface area contributed by atoms with Crippen LogP contribution in [-0.2, 0) is 4.74 Å². The molecule has 1 aromatic rings. The Morgan fingerprint density at radius 2 is 2.05 bits per heavy atom. The van der Waals surface area contributed by atoms with Gasteiger partial charge in [0.25, 0.3) is 0 Å². The van der Waals surface area contributed by atoms with Crippen molar-refractivity contribution in [2.45, 2.75) is 19.0 Å². The summed E-state index contributed by atoms with van der Waals surface area (Å²) in [5.41, 5.74) is 6.19. The number of anilines is 2. The SMILES string of the molecule is COC(=O)c1ccnc(N2CCC(C(F)(F)F)CC2)c1N. The lowest BCUT2D eigenvalue weighted by molar-refractivity contribution is -0.179. The van der Waals surface area contributed by atoms with E-state index in [9.17, 15) is 18.0 Å². The molecule has 1 aliphatic heterocycles. The zero-order valence-corrected chi connectivity index (χ0v) is 11.5. The fourth-order valence-corrected chi connectivity index (χ4v) is 2.42. The summed E-state index contributed by atoms with van der Waals surface area (Å²) in [7, 11) is 1.23.